The zero-order chi connectivity index (χ0) is 5.86. The second-order valence-electron chi connectivity index (χ2n) is 1.52. The van der Waals surface area contributed by atoms with Crippen molar-refractivity contribution in [3.05, 3.63) is 0 Å². The van der Waals surface area contributed by atoms with Crippen LogP contribution in [0.2, 0.25) is 11.4 Å². The molecule has 1 N–H and O–H groups in total. The van der Waals surface area contributed by atoms with Gasteiger partial charge in [-0.3, -0.25) is 0 Å². The standard InChI is InChI=1S/C4H11AsOS/c1-4(6)7-5(2)3/h4,6H,1-3H3. The first-order valence-electron chi connectivity index (χ1n) is 2.15. The van der Waals surface area contributed by atoms with Gasteiger partial charge in [-0.15, -0.1) is 0 Å². The Morgan fingerprint density at radius 1 is 1.57 bits per heavy atom. The zero-order valence-electron chi connectivity index (χ0n) is 4.88. The number of hydrogen-bond donors (Lipinski definition) is 1. The third kappa shape index (κ3) is 6.87. The SMILES string of the molecule is CC(O)S[As](C)C. The second-order valence-corrected chi connectivity index (χ2v) is 10.9. The predicted molar refractivity (Wildman–Crippen MR) is 36.8 cm³/mol. The van der Waals surface area contributed by atoms with Gasteiger partial charge in [0.1, 0.15) is 0 Å². The van der Waals surface area contributed by atoms with Crippen LogP contribution < -0.4 is 0 Å². The van der Waals surface area contributed by atoms with E-state index in [1.807, 2.05) is 6.92 Å². The van der Waals surface area contributed by atoms with E-state index in [1.165, 1.54) is 0 Å². The van der Waals surface area contributed by atoms with Gasteiger partial charge in [-0.05, 0) is 0 Å². The van der Waals surface area contributed by atoms with E-state index in [0.717, 1.165) is 0 Å². The van der Waals surface area contributed by atoms with Crippen LogP contribution in [0.3, 0.4) is 0 Å². The maximum absolute atomic E-state index is 8.72. The topological polar surface area (TPSA) is 20.2 Å². The second kappa shape index (κ2) is 3.82. The fourth-order valence-electron chi connectivity index (χ4n) is 0.305. The van der Waals surface area contributed by atoms with E-state index in [4.69, 9.17) is 5.11 Å². The summed E-state index contributed by atoms with van der Waals surface area (Å²) in [5.41, 5.74) is 4.28. The van der Waals surface area contributed by atoms with Crippen molar-refractivity contribution in [2.45, 2.75) is 23.8 Å². The Morgan fingerprint density at radius 3 is 2.00 bits per heavy atom. The van der Waals surface area contributed by atoms with Crippen molar-refractivity contribution in [1.82, 2.24) is 0 Å². The normalized spacial score (nSPS) is 15.0. The Bertz CT molecular complexity index is 41.0. The van der Waals surface area contributed by atoms with Crippen LogP contribution >= 0.6 is 10.0 Å². The molecule has 0 aromatic carbocycles. The Kier molecular flexibility index (Phi) is 4.29. The van der Waals surface area contributed by atoms with E-state index in [0.29, 0.717) is 0 Å². The molecule has 0 spiro atoms. The molecule has 0 aliphatic rings. The Balaban J connectivity index is 2.95. The van der Waals surface area contributed by atoms with E-state index >= 15 is 0 Å². The van der Waals surface area contributed by atoms with Crippen LogP contribution in [0.4, 0.5) is 0 Å². The van der Waals surface area contributed by atoms with Crippen LogP contribution in [0.5, 0.6) is 0 Å². The molecule has 0 fully saturated rings. The van der Waals surface area contributed by atoms with Crippen molar-refractivity contribution in [3.63, 3.8) is 0 Å². The summed E-state index contributed by atoms with van der Waals surface area (Å²) in [6.07, 6.45) is 0. The summed E-state index contributed by atoms with van der Waals surface area (Å²) in [6.45, 7) is 1.82. The molecule has 0 saturated heterocycles. The van der Waals surface area contributed by atoms with Crippen LogP contribution in [0.25, 0.3) is 0 Å². The molecule has 0 radical (unpaired) electrons. The average Bonchev–Trinajstić information content (AvgIpc) is 1.27. The van der Waals surface area contributed by atoms with Crippen LogP contribution in [-0.4, -0.2) is 24.0 Å². The van der Waals surface area contributed by atoms with E-state index in [1.54, 1.807) is 10.0 Å². The first kappa shape index (κ1) is 7.87. The minimum absolute atomic E-state index is 0.144. The van der Waals surface area contributed by atoms with Gasteiger partial charge in [0.25, 0.3) is 0 Å². The van der Waals surface area contributed by atoms with Crippen LogP contribution in [-0.2, 0) is 0 Å². The summed E-state index contributed by atoms with van der Waals surface area (Å²) in [4.78, 5) is 0. The molecule has 7 heavy (non-hydrogen) atoms. The van der Waals surface area contributed by atoms with Gasteiger partial charge >= 0.3 is 52.4 Å². The molecular weight excluding hydrogens is 171 g/mol. The molecule has 0 aromatic rings. The zero-order valence-corrected chi connectivity index (χ0v) is 7.57. The van der Waals surface area contributed by atoms with Gasteiger partial charge in [-0.2, -0.15) is 0 Å². The molecular formula is C4H11AsOS. The number of hydrogen-bond acceptors (Lipinski definition) is 2. The Hall–Kier alpha value is 0.868. The summed E-state index contributed by atoms with van der Waals surface area (Å²) in [6, 6.07) is 0. The summed E-state index contributed by atoms with van der Waals surface area (Å²) < 4.78 is 0. The predicted octanol–water partition coefficient (Wildman–Crippen LogP) is 1.31. The number of rotatable bonds is 2. The molecule has 0 aliphatic carbocycles. The van der Waals surface area contributed by atoms with Crippen molar-refractivity contribution in [2.24, 2.45) is 0 Å². The fourth-order valence-corrected chi connectivity index (χ4v) is 4.76. The van der Waals surface area contributed by atoms with Gasteiger partial charge in [0.15, 0.2) is 0 Å². The molecule has 0 rings (SSSR count). The molecule has 0 heterocycles. The van der Waals surface area contributed by atoms with Crippen molar-refractivity contribution in [2.75, 3.05) is 0 Å². The van der Waals surface area contributed by atoms with Crippen molar-refractivity contribution in [1.29, 1.82) is 0 Å². The molecule has 0 amide bonds. The third-order valence-electron chi connectivity index (χ3n) is 0.363. The van der Waals surface area contributed by atoms with E-state index in [2.05, 4.69) is 11.4 Å². The van der Waals surface area contributed by atoms with Crippen LogP contribution in [0, 0.1) is 0 Å². The van der Waals surface area contributed by atoms with Crippen LogP contribution in [0.15, 0.2) is 0 Å². The summed E-state index contributed by atoms with van der Waals surface area (Å²) in [7, 11) is 1.71. The first-order valence-corrected chi connectivity index (χ1v) is 9.04. The molecule has 44 valence electrons. The molecule has 1 unspecified atom stereocenters. The third-order valence-corrected chi connectivity index (χ3v) is 5.66. The summed E-state index contributed by atoms with van der Waals surface area (Å²) in [5.74, 6) is 0. The summed E-state index contributed by atoms with van der Waals surface area (Å²) in [5, 5.41) is 8.72. The Morgan fingerprint density at radius 2 is 2.00 bits per heavy atom. The molecule has 0 aromatic heterocycles. The molecule has 3 heteroatoms. The fraction of sp³-hybridized carbons (Fsp3) is 1.00. The maximum atomic E-state index is 8.72. The monoisotopic (exact) mass is 182 g/mol. The van der Waals surface area contributed by atoms with Gasteiger partial charge in [0.05, 0.1) is 0 Å². The van der Waals surface area contributed by atoms with Gasteiger partial charge < -0.3 is 0 Å². The van der Waals surface area contributed by atoms with E-state index < -0.39 is 13.5 Å². The first-order chi connectivity index (χ1) is 3.13. The van der Waals surface area contributed by atoms with E-state index in [9.17, 15) is 0 Å². The molecule has 0 saturated carbocycles. The summed E-state index contributed by atoms with van der Waals surface area (Å²) >= 11 is -0.617. The van der Waals surface area contributed by atoms with Gasteiger partial charge in [-0.25, -0.2) is 0 Å². The van der Waals surface area contributed by atoms with Gasteiger partial charge in [0.2, 0.25) is 0 Å². The average molecular weight is 182 g/mol. The molecule has 0 aliphatic heterocycles. The van der Waals surface area contributed by atoms with Crippen LogP contribution in [0.1, 0.15) is 6.92 Å². The quantitative estimate of drug-likeness (QED) is 0.513. The number of aliphatic hydroxyl groups excluding tert-OH is 1. The Labute approximate surface area is 52.7 Å². The molecule has 1 atom stereocenters. The molecule has 0 bridgehead atoms. The number of aliphatic hydroxyl groups is 1. The minimum atomic E-state index is -0.617. The van der Waals surface area contributed by atoms with E-state index in [-0.39, 0.29) is 5.44 Å². The van der Waals surface area contributed by atoms with Gasteiger partial charge in [0, 0.05) is 0 Å². The molecule has 1 nitrogen and oxygen atoms in total. The van der Waals surface area contributed by atoms with Crippen molar-refractivity contribution >= 4 is 23.5 Å². The van der Waals surface area contributed by atoms with Crippen molar-refractivity contribution < 1.29 is 5.11 Å². The van der Waals surface area contributed by atoms with Gasteiger partial charge in [-0.1, -0.05) is 0 Å². The van der Waals surface area contributed by atoms with Crippen molar-refractivity contribution in [3.8, 4) is 0 Å².